The van der Waals surface area contributed by atoms with Gasteiger partial charge in [-0.3, -0.25) is 10.1 Å². The summed E-state index contributed by atoms with van der Waals surface area (Å²) < 4.78 is 52.1. The molecule has 0 amide bonds. The second-order valence-corrected chi connectivity index (χ2v) is 4.49. The second-order valence-electron chi connectivity index (χ2n) is 2.99. The van der Waals surface area contributed by atoms with Crippen molar-refractivity contribution >= 4 is 15.7 Å². The summed E-state index contributed by atoms with van der Waals surface area (Å²) in [5.41, 5.74) is -2.67. The van der Waals surface area contributed by atoms with E-state index in [1.165, 1.54) is 0 Å². The highest BCUT2D eigenvalue weighted by Gasteiger charge is 2.35. The fraction of sp³-hybridized carbons (Fsp3) is 0.286. The first-order valence-corrected chi connectivity index (χ1v) is 5.77. The fourth-order valence-corrected chi connectivity index (χ4v) is 2.10. The molecule has 0 unspecified atom stereocenters. The van der Waals surface area contributed by atoms with E-state index in [2.05, 4.69) is 9.72 Å². The van der Waals surface area contributed by atoms with Crippen molar-refractivity contribution < 1.29 is 26.9 Å². The number of nitro groups is 1. The summed E-state index contributed by atoms with van der Waals surface area (Å²) in [5.74, 6) is -0.575. The fourth-order valence-electron chi connectivity index (χ4n) is 1.24. The molecule has 0 spiro atoms. The number of alkyl halides is 2. The summed E-state index contributed by atoms with van der Waals surface area (Å²) in [6.45, 7) is 0. The Hall–Kier alpha value is -1.88. The zero-order chi connectivity index (χ0) is 14.1. The van der Waals surface area contributed by atoms with Crippen molar-refractivity contribution in [3.05, 3.63) is 22.0 Å². The van der Waals surface area contributed by atoms with Gasteiger partial charge in [-0.2, -0.15) is 0 Å². The minimum atomic E-state index is -4.62. The number of hydrogen-bond acceptors (Lipinski definition) is 6. The summed E-state index contributed by atoms with van der Waals surface area (Å²) in [7, 11) is -3.62. The molecule has 0 bridgehead atoms. The number of ether oxygens (including phenoxy) is 1. The number of hydrogen-bond donors (Lipinski definition) is 1. The Kier molecular flexibility index (Phi) is 3.76. The molecule has 0 radical (unpaired) electrons. The van der Waals surface area contributed by atoms with Gasteiger partial charge in [0.2, 0.25) is 14.9 Å². The Balaban J connectivity index is 3.83. The SMILES string of the molecule is COc1cnc(C(F)F)c([N+](=O)[O-])c1S(N)(=O)=O. The van der Waals surface area contributed by atoms with Crippen LogP contribution in [0.2, 0.25) is 0 Å². The van der Waals surface area contributed by atoms with E-state index >= 15 is 0 Å². The Morgan fingerprint density at radius 2 is 2.11 bits per heavy atom. The van der Waals surface area contributed by atoms with Gasteiger partial charge in [-0.05, 0) is 0 Å². The molecule has 100 valence electrons. The number of aromatic nitrogens is 1. The third-order valence-corrected chi connectivity index (χ3v) is 2.86. The zero-order valence-corrected chi connectivity index (χ0v) is 9.65. The minimum absolute atomic E-state index is 0.575. The average Bonchev–Trinajstić information content (AvgIpc) is 2.25. The number of methoxy groups -OCH3 is 1. The average molecular weight is 283 g/mol. The lowest BCUT2D eigenvalue weighted by Crippen LogP contribution is -2.17. The maximum Gasteiger partial charge on any atom is 0.320 e. The highest BCUT2D eigenvalue weighted by atomic mass is 32.2. The molecule has 1 rings (SSSR count). The number of pyridine rings is 1. The molecule has 1 heterocycles. The molecule has 1 aromatic heterocycles. The lowest BCUT2D eigenvalue weighted by atomic mass is 10.3. The van der Waals surface area contributed by atoms with E-state index in [0.717, 1.165) is 7.11 Å². The first-order valence-electron chi connectivity index (χ1n) is 4.22. The summed E-state index contributed by atoms with van der Waals surface area (Å²) >= 11 is 0. The van der Waals surface area contributed by atoms with Gasteiger partial charge < -0.3 is 4.74 Å². The summed E-state index contributed by atoms with van der Waals surface area (Å²) in [5, 5.41) is 15.5. The van der Waals surface area contributed by atoms with Crippen molar-refractivity contribution in [3.63, 3.8) is 0 Å². The van der Waals surface area contributed by atoms with Crippen LogP contribution >= 0.6 is 0 Å². The topological polar surface area (TPSA) is 125 Å². The molecule has 8 nitrogen and oxygen atoms in total. The van der Waals surface area contributed by atoms with Gasteiger partial charge in [0.25, 0.3) is 6.43 Å². The molecule has 0 saturated carbocycles. The summed E-state index contributed by atoms with van der Waals surface area (Å²) in [6.07, 6.45) is -2.69. The summed E-state index contributed by atoms with van der Waals surface area (Å²) in [6, 6.07) is 0. The number of rotatable bonds is 4. The van der Waals surface area contributed by atoms with Crippen LogP contribution in [-0.2, 0) is 10.0 Å². The van der Waals surface area contributed by atoms with Gasteiger partial charge in [0, 0.05) is 0 Å². The van der Waals surface area contributed by atoms with E-state index in [9.17, 15) is 27.3 Å². The Bertz CT molecular complexity index is 589. The van der Waals surface area contributed by atoms with Crippen molar-refractivity contribution in [1.82, 2.24) is 4.98 Å². The molecule has 0 aromatic carbocycles. The van der Waals surface area contributed by atoms with E-state index < -0.39 is 43.4 Å². The van der Waals surface area contributed by atoms with Crippen molar-refractivity contribution in [1.29, 1.82) is 0 Å². The smallest absolute Gasteiger partial charge is 0.320 e. The van der Waals surface area contributed by atoms with Gasteiger partial charge in [0.1, 0.15) is 0 Å². The maximum atomic E-state index is 12.5. The molecule has 0 atom stereocenters. The lowest BCUT2D eigenvalue weighted by molar-refractivity contribution is -0.389. The number of halogens is 2. The van der Waals surface area contributed by atoms with E-state index in [4.69, 9.17) is 5.14 Å². The number of sulfonamides is 1. The first kappa shape index (κ1) is 14.2. The van der Waals surface area contributed by atoms with Crippen LogP contribution in [0.3, 0.4) is 0 Å². The predicted octanol–water partition coefficient (Wildman–Crippen LogP) is 0.583. The molecule has 0 aliphatic rings. The van der Waals surface area contributed by atoms with Crippen LogP contribution < -0.4 is 9.88 Å². The Morgan fingerprint density at radius 3 is 2.44 bits per heavy atom. The van der Waals surface area contributed by atoms with Gasteiger partial charge in [-0.1, -0.05) is 0 Å². The molecule has 0 saturated heterocycles. The van der Waals surface area contributed by atoms with Crippen LogP contribution in [0, 0.1) is 10.1 Å². The van der Waals surface area contributed by atoms with Crippen LogP contribution in [-0.4, -0.2) is 25.4 Å². The van der Waals surface area contributed by atoms with Crippen LogP contribution in [0.4, 0.5) is 14.5 Å². The number of nitrogens with zero attached hydrogens (tertiary/aromatic N) is 2. The van der Waals surface area contributed by atoms with E-state index in [1.807, 2.05) is 0 Å². The van der Waals surface area contributed by atoms with Crippen LogP contribution in [0.5, 0.6) is 5.75 Å². The van der Waals surface area contributed by atoms with Gasteiger partial charge in [-0.15, -0.1) is 0 Å². The molecule has 0 aliphatic carbocycles. The molecule has 2 N–H and O–H groups in total. The zero-order valence-electron chi connectivity index (χ0n) is 8.83. The Labute approximate surface area is 99.6 Å². The number of primary sulfonamides is 1. The van der Waals surface area contributed by atoms with E-state index in [0.29, 0.717) is 6.20 Å². The van der Waals surface area contributed by atoms with Crippen LogP contribution in [0.1, 0.15) is 12.1 Å². The molecule has 0 aliphatic heterocycles. The summed E-state index contributed by atoms with van der Waals surface area (Å²) in [4.78, 5) is 11.4. The monoisotopic (exact) mass is 283 g/mol. The van der Waals surface area contributed by atoms with Gasteiger partial charge in [0.05, 0.1) is 18.2 Å². The van der Waals surface area contributed by atoms with Gasteiger partial charge in [0.15, 0.2) is 11.4 Å². The largest absolute Gasteiger partial charge is 0.493 e. The normalized spacial score (nSPS) is 11.6. The highest BCUT2D eigenvalue weighted by molar-refractivity contribution is 7.89. The first-order chi connectivity index (χ1) is 8.20. The van der Waals surface area contributed by atoms with Crippen LogP contribution in [0.25, 0.3) is 0 Å². The Morgan fingerprint density at radius 1 is 1.56 bits per heavy atom. The molecule has 18 heavy (non-hydrogen) atoms. The maximum absolute atomic E-state index is 12.5. The third-order valence-electron chi connectivity index (χ3n) is 1.90. The highest BCUT2D eigenvalue weighted by Crippen LogP contribution is 2.37. The quantitative estimate of drug-likeness (QED) is 0.636. The van der Waals surface area contributed by atoms with Crippen molar-refractivity contribution in [2.45, 2.75) is 11.3 Å². The number of nitrogens with two attached hydrogens (primary N) is 1. The molecule has 11 heteroatoms. The third kappa shape index (κ3) is 2.51. The van der Waals surface area contributed by atoms with Crippen molar-refractivity contribution in [2.24, 2.45) is 5.14 Å². The molecular weight excluding hydrogens is 276 g/mol. The molecule has 1 aromatic rings. The van der Waals surface area contributed by atoms with Gasteiger partial charge >= 0.3 is 5.69 Å². The lowest BCUT2D eigenvalue weighted by Gasteiger charge is -2.09. The predicted molar refractivity (Wildman–Crippen MR) is 53.8 cm³/mol. The minimum Gasteiger partial charge on any atom is -0.493 e. The standard InChI is InChI=1S/C7H7F2N3O5S/c1-17-3-2-11-4(7(8)9)5(12(13)14)6(3)18(10,15)16/h2,7H,1H3,(H2,10,15,16). The van der Waals surface area contributed by atoms with Crippen molar-refractivity contribution in [3.8, 4) is 5.75 Å². The molecular formula is C7H7F2N3O5S. The van der Waals surface area contributed by atoms with Crippen molar-refractivity contribution in [2.75, 3.05) is 7.11 Å². The molecule has 0 fully saturated rings. The second kappa shape index (κ2) is 4.78. The van der Waals surface area contributed by atoms with E-state index in [1.54, 1.807) is 0 Å². The van der Waals surface area contributed by atoms with Crippen LogP contribution in [0.15, 0.2) is 11.1 Å². The van der Waals surface area contributed by atoms with E-state index in [-0.39, 0.29) is 0 Å². The van der Waals surface area contributed by atoms with Gasteiger partial charge in [-0.25, -0.2) is 27.3 Å².